The lowest BCUT2D eigenvalue weighted by molar-refractivity contribution is 0.408. The number of aromatic amines is 1. The summed E-state index contributed by atoms with van der Waals surface area (Å²) in [6.45, 7) is 6.12. The number of nitrogens with zero attached hydrogens (tertiary/aromatic N) is 3. The molecule has 1 aliphatic carbocycles. The van der Waals surface area contributed by atoms with Crippen LogP contribution in [0, 0.1) is 6.92 Å². The van der Waals surface area contributed by atoms with Gasteiger partial charge in [0.15, 0.2) is 0 Å². The minimum Gasteiger partial charge on any atom is -0.510 e. The molecule has 1 aliphatic rings. The highest BCUT2D eigenvalue weighted by Gasteiger charge is 2.18. The molecule has 2 heterocycles. The van der Waals surface area contributed by atoms with E-state index >= 15 is 0 Å². The first-order valence-electron chi connectivity index (χ1n) is 11.1. The van der Waals surface area contributed by atoms with Crippen LogP contribution in [0.3, 0.4) is 0 Å². The molecule has 0 spiro atoms. The van der Waals surface area contributed by atoms with E-state index in [1.807, 2.05) is 43.3 Å². The Hall–Kier alpha value is -3.61. The van der Waals surface area contributed by atoms with Crippen molar-refractivity contribution in [1.82, 2.24) is 20.2 Å². The predicted octanol–water partition coefficient (Wildman–Crippen LogP) is 5.87. The Morgan fingerprint density at radius 2 is 1.94 bits per heavy atom. The smallest absolute Gasteiger partial charge is 0.225 e. The van der Waals surface area contributed by atoms with Crippen molar-refractivity contribution in [3.63, 3.8) is 0 Å². The minimum atomic E-state index is 0.157. The Labute approximate surface area is 188 Å². The number of aromatic nitrogens is 4. The molecule has 3 aromatic rings. The van der Waals surface area contributed by atoms with E-state index in [0.717, 1.165) is 28.3 Å². The molecule has 0 amide bonds. The molecule has 4 N–H and O–H groups in total. The normalized spacial score (nSPS) is 14.8. The first kappa shape index (κ1) is 21.6. The lowest BCUT2D eigenvalue weighted by Gasteiger charge is -2.18. The molecule has 1 saturated carbocycles. The topological polar surface area (TPSA) is 98.7 Å². The van der Waals surface area contributed by atoms with Gasteiger partial charge in [-0.1, -0.05) is 56.2 Å². The number of aryl methyl sites for hydroxylation is 1. The maximum atomic E-state index is 10.3. The quantitative estimate of drug-likeness (QED) is 0.264. The second-order valence-corrected chi connectivity index (χ2v) is 8.27. The summed E-state index contributed by atoms with van der Waals surface area (Å²) in [6.07, 6.45) is 7.94. The van der Waals surface area contributed by atoms with E-state index in [4.69, 9.17) is 0 Å². The molecule has 0 saturated heterocycles. The van der Waals surface area contributed by atoms with Crippen LogP contribution in [0.1, 0.15) is 55.0 Å². The number of allylic oxidation sites excluding steroid dienone is 2. The second-order valence-electron chi connectivity index (χ2n) is 8.27. The lowest BCUT2D eigenvalue weighted by atomic mass is 9.87. The first-order chi connectivity index (χ1) is 15.6. The molecule has 1 aromatic carbocycles. The molecule has 1 fully saturated rings. The summed E-state index contributed by atoms with van der Waals surface area (Å²) in [4.78, 5) is 8.93. The number of benzene rings is 1. The van der Waals surface area contributed by atoms with Gasteiger partial charge in [0, 0.05) is 23.7 Å². The van der Waals surface area contributed by atoms with Gasteiger partial charge in [0.2, 0.25) is 5.95 Å². The summed E-state index contributed by atoms with van der Waals surface area (Å²) in [5, 5.41) is 24.2. The van der Waals surface area contributed by atoms with Crippen molar-refractivity contribution in [3.05, 3.63) is 77.8 Å². The highest BCUT2D eigenvalue weighted by Crippen LogP contribution is 2.32. The Morgan fingerprint density at radius 1 is 1.16 bits per heavy atom. The predicted molar refractivity (Wildman–Crippen MR) is 129 cm³/mol. The van der Waals surface area contributed by atoms with Crippen molar-refractivity contribution < 1.29 is 5.11 Å². The molecular weight excluding hydrogens is 400 g/mol. The van der Waals surface area contributed by atoms with Crippen LogP contribution < -0.4 is 10.6 Å². The molecule has 0 bridgehead atoms. The van der Waals surface area contributed by atoms with Crippen LogP contribution in [0.2, 0.25) is 0 Å². The van der Waals surface area contributed by atoms with E-state index in [1.165, 1.54) is 32.1 Å². The van der Waals surface area contributed by atoms with Crippen molar-refractivity contribution in [1.29, 1.82) is 0 Å². The lowest BCUT2D eigenvalue weighted by Crippen LogP contribution is -2.09. The van der Waals surface area contributed by atoms with Crippen LogP contribution in [0.4, 0.5) is 17.6 Å². The van der Waals surface area contributed by atoms with Crippen LogP contribution in [0.5, 0.6) is 0 Å². The van der Waals surface area contributed by atoms with Crippen LogP contribution in [0.25, 0.3) is 5.57 Å². The van der Waals surface area contributed by atoms with E-state index in [0.29, 0.717) is 17.7 Å². The third-order valence-corrected chi connectivity index (χ3v) is 5.65. The fourth-order valence-corrected chi connectivity index (χ4v) is 4.02. The molecule has 0 radical (unpaired) electrons. The number of hydrogen-bond acceptors (Lipinski definition) is 6. The van der Waals surface area contributed by atoms with Gasteiger partial charge >= 0.3 is 0 Å². The number of hydrogen-bond donors (Lipinski definition) is 4. The maximum absolute atomic E-state index is 10.3. The van der Waals surface area contributed by atoms with E-state index in [9.17, 15) is 5.11 Å². The fourth-order valence-electron chi connectivity index (χ4n) is 4.02. The van der Waals surface area contributed by atoms with Crippen LogP contribution in [-0.4, -0.2) is 31.8 Å². The number of rotatable bonds is 8. The van der Waals surface area contributed by atoms with Crippen molar-refractivity contribution >= 4 is 23.2 Å². The van der Waals surface area contributed by atoms with Gasteiger partial charge in [0.1, 0.15) is 17.4 Å². The third kappa shape index (κ3) is 5.75. The maximum Gasteiger partial charge on any atom is 0.225 e. The van der Waals surface area contributed by atoms with Gasteiger partial charge in [-0.3, -0.25) is 5.10 Å². The van der Waals surface area contributed by atoms with Gasteiger partial charge in [-0.25, -0.2) is 4.98 Å². The van der Waals surface area contributed by atoms with Crippen molar-refractivity contribution in [2.45, 2.75) is 44.9 Å². The molecule has 0 unspecified atom stereocenters. The van der Waals surface area contributed by atoms with Crippen molar-refractivity contribution in [3.8, 4) is 0 Å². The minimum absolute atomic E-state index is 0.157. The Bertz CT molecular complexity index is 1080. The SMILES string of the molecule is C=C(/C=C(\O)CNc1nc(C)cc(Nc2cc(C3CCCCC3)n[nH]2)n1)c1ccccc1. The highest BCUT2D eigenvalue weighted by atomic mass is 16.3. The molecule has 4 rings (SSSR count). The third-order valence-electron chi connectivity index (χ3n) is 5.65. The van der Waals surface area contributed by atoms with Gasteiger partial charge in [0.25, 0.3) is 0 Å². The van der Waals surface area contributed by atoms with E-state index in [1.54, 1.807) is 6.08 Å². The molecule has 0 atom stereocenters. The van der Waals surface area contributed by atoms with Crippen molar-refractivity contribution in [2.75, 3.05) is 17.2 Å². The van der Waals surface area contributed by atoms with Gasteiger partial charge in [0.05, 0.1) is 12.2 Å². The number of aliphatic hydroxyl groups is 1. The first-order valence-corrected chi connectivity index (χ1v) is 11.1. The second kappa shape index (κ2) is 10.1. The number of H-pyrrole nitrogens is 1. The summed E-state index contributed by atoms with van der Waals surface area (Å²) in [5.41, 5.74) is 3.63. The average molecular weight is 431 g/mol. The van der Waals surface area contributed by atoms with Crippen molar-refractivity contribution in [2.24, 2.45) is 0 Å². The largest absolute Gasteiger partial charge is 0.510 e. The number of nitrogens with one attached hydrogen (secondary N) is 3. The summed E-state index contributed by atoms with van der Waals surface area (Å²) in [6, 6.07) is 13.7. The van der Waals surface area contributed by atoms with E-state index in [-0.39, 0.29) is 12.3 Å². The highest BCUT2D eigenvalue weighted by molar-refractivity contribution is 5.72. The van der Waals surface area contributed by atoms with E-state index in [2.05, 4.69) is 43.4 Å². The van der Waals surface area contributed by atoms with Gasteiger partial charge < -0.3 is 15.7 Å². The summed E-state index contributed by atoms with van der Waals surface area (Å²) in [5.74, 6) is 2.61. The standard InChI is InChI=1S/C25H30N6O/c1-17(19-9-5-3-6-10-19)13-21(32)16-26-25-27-18(2)14-23(29-25)28-24-15-22(30-31-24)20-11-7-4-8-12-20/h3,5-6,9-10,13-15,20,32H,1,4,7-8,11-12,16H2,2H3,(H3,26,27,28,29,30,31)/b21-13-. The molecule has 32 heavy (non-hydrogen) atoms. The molecule has 0 aliphatic heterocycles. The molecular formula is C25H30N6O. The zero-order valence-corrected chi connectivity index (χ0v) is 18.4. The summed E-state index contributed by atoms with van der Waals surface area (Å²) in [7, 11) is 0. The van der Waals surface area contributed by atoms with E-state index < -0.39 is 0 Å². The number of anilines is 3. The number of aliphatic hydroxyl groups excluding tert-OH is 1. The molecule has 7 nitrogen and oxygen atoms in total. The summed E-state index contributed by atoms with van der Waals surface area (Å²) >= 11 is 0. The van der Waals surface area contributed by atoms with Crippen LogP contribution in [0.15, 0.2) is 60.9 Å². The summed E-state index contributed by atoms with van der Waals surface area (Å²) < 4.78 is 0. The molecule has 166 valence electrons. The Kier molecular flexibility index (Phi) is 6.84. The molecule has 2 aromatic heterocycles. The zero-order chi connectivity index (χ0) is 22.3. The van der Waals surface area contributed by atoms with Crippen LogP contribution >= 0.6 is 0 Å². The van der Waals surface area contributed by atoms with Gasteiger partial charge in [-0.05, 0) is 37.0 Å². The van der Waals surface area contributed by atoms with Crippen LogP contribution in [-0.2, 0) is 0 Å². The average Bonchev–Trinajstić information content (AvgIpc) is 3.27. The fraction of sp³-hybridized carbons (Fsp3) is 0.320. The van der Waals surface area contributed by atoms with Gasteiger partial charge in [-0.15, -0.1) is 0 Å². The molecule has 7 heteroatoms. The Morgan fingerprint density at radius 3 is 2.72 bits per heavy atom. The zero-order valence-electron chi connectivity index (χ0n) is 18.4. The van der Waals surface area contributed by atoms with Gasteiger partial charge in [-0.2, -0.15) is 10.1 Å². The Balaban J connectivity index is 1.38. The monoisotopic (exact) mass is 430 g/mol.